The van der Waals surface area contributed by atoms with Gasteiger partial charge in [-0.3, -0.25) is 18.7 Å². The normalized spacial score (nSPS) is 15.8. The number of aromatic nitrogens is 2. The van der Waals surface area contributed by atoms with Crippen molar-refractivity contribution in [2.75, 3.05) is 44.4 Å². The first-order chi connectivity index (χ1) is 50.4. The second-order valence-electron chi connectivity index (χ2n) is 24.4. The van der Waals surface area contributed by atoms with Gasteiger partial charge in [0.25, 0.3) is 32.1 Å². The van der Waals surface area contributed by atoms with Gasteiger partial charge in [-0.25, -0.2) is 9.83 Å². The molecule has 4 aliphatic heterocycles. The quantitative estimate of drug-likeness (QED) is 0.00273. The predicted octanol–water partition coefficient (Wildman–Crippen LogP) is 9.43. The van der Waals surface area contributed by atoms with E-state index in [1.54, 1.807) is 54.6 Å². The fourth-order valence-corrected chi connectivity index (χ4v) is 19.0. The van der Waals surface area contributed by atoms with Crippen LogP contribution in [0.25, 0.3) is 38.4 Å². The largest absolute Gasteiger partial charge is 0.455 e. The van der Waals surface area contributed by atoms with E-state index in [0.717, 1.165) is 71.8 Å². The summed E-state index contributed by atoms with van der Waals surface area (Å²) in [7, 11) is -17.9. The number of hydrogen-bond donors (Lipinski definition) is 8. The third-order valence-electron chi connectivity index (χ3n) is 18.2. The van der Waals surface area contributed by atoms with Gasteiger partial charge >= 0.3 is 172 Å². The van der Waals surface area contributed by atoms with Gasteiger partial charge < -0.3 is 25.0 Å². The first-order valence-electron chi connectivity index (χ1n) is 31.9. The van der Waals surface area contributed by atoms with E-state index in [9.17, 15) is 68.6 Å². The average molecular weight is 1560 g/mol. The summed E-state index contributed by atoms with van der Waals surface area (Å²) in [6.45, 7) is -5.52. The van der Waals surface area contributed by atoms with Crippen LogP contribution in [0.1, 0.15) is 81.0 Å². The topological polar surface area (TPSA) is 440 Å². The summed E-state index contributed by atoms with van der Waals surface area (Å²) in [5.74, 6) is 6.21. The molecule has 13 rings (SSSR count). The molecule has 0 radical (unpaired) electrons. The first-order valence-corrected chi connectivity index (χ1v) is 41.3. The van der Waals surface area contributed by atoms with Gasteiger partial charge in [-0.2, -0.15) is 16.8 Å². The van der Waals surface area contributed by atoms with Crippen LogP contribution < -0.4 is 46.7 Å². The second kappa shape index (κ2) is 30.4. The van der Waals surface area contributed by atoms with Crippen molar-refractivity contribution in [2.45, 2.75) is 78.6 Å². The molecule has 4 aliphatic rings. The molecule has 105 heavy (non-hydrogen) atoms. The maximum Gasteiger partial charge on any atom is 0.294 e. The molecule has 2 amide bonds. The number of ether oxygens (including phenoxy) is 3. The Bertz CT molecular complexity index is 5750. The summed E-state index contributed by atoms with van der Waals surface area (Å²) in [5, 5.41) is 45.8. The molecule has 0 unspecified atom stereocenters. The van der Waals surface area contributed by atoms with E-state index in [4.69, 9.17) is 33.6 Å². The van der Waals surface area contributed by atoms with Crippen LogP contribution in [-0.2, 0) is 109 Å². The Balaban J connectivity index is 0.0000105. The number of fused-ring (bicyclic) bond motifs is 13. The monoisotopic (exact) mass is 1560 g/mol. The number of rotatable bonds is 27. The summed E-state index contributed by atoms with van der Waals surface area (Å²) < 4.78 is 156. The van der Waals surface area contributed by atoms with Crippen molar-refractivity contribution >= 4 is 115 Å². The molecule has 9 aromatic rings. The number of aromatic amines is 1. The van der Waals surface area contributed by atoms with Crippen LogP contribution in [-0.4, -0.2) is 109 Å². The number of anilines is 2. The molecule has 32 nitrogen and oxygen atoms in total. The van der Waals surface area contributed by atoms with Gasteiger partial charge in [0.1, 0.15) is 18.0 Å². The fourth-order valence-electron chi connectivity index (χ4n) is 13.2. The van der Waals surface area contributed by atoms with Gasteiger partial charge in [-0.15, -0.1) is 4.33 Å². The number of amides is 2. The molecule has 0 aliphatic carbocycles. The van der Waals surface area contributed by atoms with Crippen LogP contribution in [0.4, 0.5) is 11.4 Å². The number of hydrogen-bond acceptors (Lipinski definition) is 26. The van der Waals surface area contributed by atoms with Gasteiger partial charge in [0.15, 0.2) is 6.54 Å². The zero-order chi connectivity index (χ0) is 74.1. The minimum absolute atomic E-state index is 0. The number of benzene rings is 8. The molecular weight excluding hydrogens is 1490 g/mol. The summed E-state index contributed by atoms with van der Waals surface area (Å²) >= 11 is 0.826. The molecule has 1 saturated heterocycles. The van der Waals surface area contributed by atoms with Gasteiger partial charge in [-0.1, -0.05) is 41.4 Å². The Labute approximate surface area is 600 Å². The Kier molecular flexibility index (Phi) is 21.5. The maximum atomic E-state index is 13.7. The fraction of sp³-hybridized carbons (Fsp3) is 0.239. The predicted molar refractivity (Wildman–Crippen MR) is 377 cm³/mol. The van der Waals surface area contributed by atoms with Crippen LogP contribution in [0.15, 0.2) is 152 Å². The van der Waals surface area contributed by atoms with Crippen molar-refractivity contribution in [2.24, 2.45) is 0 Å². The van der Waals surface area contributed by atoms with Gasteiger partial charge in [0, 0.05) is 76.5 Å². The van der Waals surface area contributed by atoms with Crippen LogP contribution in [0.3, 0.4) is 0 Å². The molecular formula is C67H62N6O26P3S3+. The second-order valence-corrected chi connectivity index (χ2v) is 38.2. The van der Waals surface area contributed by atoms with E-state index in [1.807, 2.05) is 34.9 Å². The van der Waals surface area contributed by atoms with Crippen LogP contribution in [0.2, 0.25) is 0 Å². The molecule has 5 heterocycles. The zero-order valence-electron chi connectivity index (χ0n) is 54.5. The molecule has 8 N–H and O–H groups in total. The molecule has 8 aromatic carbocycles. The molecule has 0 spiro atoms. The van der Waals surface area contributed by atoms with Crippen LogP contribution >= 0.6 is 33.4 Å². The number of carbonyl (C=O) groups is 2. The molecule has 38 heteroatoms. The minimum atomic E-state index is -6.54. The molecule has 0 bridgehead atoms. The summed E-state index contributed by atoms with van der Waals surface area (Å²) in [5.41, 5.74) is 4.87. The first kappa shape index (κ1) is 74.2. The molecule has 1 aromatic heterocycles. The SMILES string of the molecule is O=C(NCCOCCC#CCc1cn([C@H]2CC[C@@H](COP(OO)(OOO)(P(=O)=O)P(=O)=O)O2)c(=O)[nH]c1=O)c1ccc(CNC(=O)c2ccc(N3CCc4c5c(c6cc7ccc(SOOO)cc7cc6c43)C=c3c(c4c(c6cc(S(=O)(=O)O)ccc36)=[N+](Cc3ccc(S(=O)(=O)O)cc3)CC4)O5)cc2)cc1.[HH]. The Morgan fingerprint density at radius 3 is 2.15 bits per heavy atom. The molecule has 1 fully saturated rings. The van der Waals surface area contributed by atoms with Crippen LogP contribution in [0, 0.1) is 11.8 Å². The summed E-state index contributed by atoms with van der Waals surface area (Å²) in [6.07, 6.45) is 2.47. The maximum absolute atomic E-state index is 13.7. The third-order valence-corrected chi connectivity index (χ3v) is 30.2. The van der Waals surface area contributed by atoms with Crippen molar-refractivity contribution in [3.05, 3.63) is 203 Å². The van der Waals surface area contributed by atoms with Crippen molar-refractivity contribution in [1.82, 2.24) is 24.8 Å². The van der Waals surface area contributed by atoms with Crippen molar-refractivity contribution in [1.29, 1.82) is 0 Å². The van der Waals surface area contributed by atoms with Gasteiger partial charge in [-0.05, 0) is 125 Å². The number of nitrogens with one attached hydrogen (secondary N) is 3. The third kappa shape index (κ3) is 14.9. The van der Waals surface area contributed by atoms with E-state index >= 15 is 0 Å². The molecule has 548 valence electrons. The minimum Gasteiger partial charge on any atom is -0.455 e. The number of H-pyrrole nitrogens is 1. The van der Waals surface area contributed by atoms with Crippen molar-refractivity contribution in [3.8, 4) is 23.3 Å². The Morgan fingerprint density at radius 1 is 0.743 bits per heavy atom. The Hall–Kier alpha value is -9.05. The van der Waals surface area contributed by atoms with E-state index in [2.05, 4.69) is 70.0 Å². The van der Waals surface area contributed by atoms with E-state index < -0.39 is 71.8 Å². The summed E-state index contributed by atoms with van der Waals surface area (Å²) in [4.78, 5) is 56.6. The Morgan fingerprint density at radius 2 is 1.45 bits per heavy atom. The van der Waals surface area contributed by atoms with E-state index in [1.165, 1.54) is 30.5 Å². The smallest absolute Gasteiger partial charge is 0.294 e. The number of nitrogens with zero attached hydrogens (tertiary/aromatic N) is 3. The zero-order valence-corrected chi connectivity index (χ0v) is 59.6. The average Bonchev–Trinajstić information content (AvgIpc) is 1.39. The molecule has 0 saturated carbocycles. The van der Waals surface area contributed by atoms with Gasteiger partial charge in [0.2, 0.25) is 5.36 Å². The van der Waals surface area contributed by atoms with E-state index in [-0.39, 0.29) is 87.1 Å². The van der Waals surface area contributed by atoms with E-state index in [0.29, 0.717) is 80.4 Å². The van der Waals surface area contributed by atoms with Crippen LogP contribution in [0.5, 0.6) is 11.5 Å². The van der Waals surface area contributed by atoms with Gasteiger partial charge in [0.05, 0.1) is 51.7 Å². The van der Waals surface area contributed by atoms with Crippen molar-refractivity contribution < 1.29 is 113 Å². The van der Waals surface area contributed by atoms with Crippen molar-refractivity contribution in [3.63, 3.8) is 0 Å². The summed E-state index contributed by atoms with van der Waals surface area (Å²) in [6, 6.07) is 34.0. The molecule has 2 atom stereocenters. The standard InChI is InChI=1S/C67H59N6O26P3S3.H2/c74-64(68-25-29-91-28-3-1-2-4-44-37-73(67(77)70-66(44)76)59-22-16-47(93-59)38-92-102(97-80,98-95-78,100(81)82)101(83)84)41-9-5-39(6-10-41)35-69-65(75)42-11-14-46(15-12-42)72-27-24-53-61(72)55-32-45-30-48(103-99-96-79)17-13-43(45)31-54(55)58-34-57-51-21-20-50(105(88,89)90)33-56(51)60-52(62(57)94-63(53)58)23-26-71(60)36-40-7-18-49(19-8-40)104(85,86)87;/h5-15,17-21,30-34,37,47,59H,3-4,16,22-29,35-36,38H2,(H7-,68,69,70,74,75,76,77,78,79,80,85,86,87,88,89,90);1H/p+1/t47-,59+;/m0./s1. The number of carbonyl (C=O) groups excluding carboxylic acids is 2.